The third-order valence-electron chi connectivity index (χ3n) is 8.38. The Bertz CT molecular complexity index is 1710. The third kappa shape index (κ3) is 6.40. The number of rotatable bonds is 4. The van der Waals surface area contributed by atoms with Crippen molar-refractivity contribution < 1.29 is 25.8 Å². The number of anilines is 4. The Labute approximate surface area is 276 Å². The molecular weight excluding hydrogens is 726 g/mol. The van der Waals surface area contributed by atoms with Crippen LogP contribution in [0.25, 0.3) is 4.85 Å². The fourth-order valence-electron chi connectivity index (χ4n) is 5.90. The molecule has 2 aromatic carbocycles. The monoisotopic (exact) mass is 764 g/mol. The van der Waals surface area contributed by atoms with Crippen LogP contribution in [0.3, 0.4) is 0 Å². The van der Waals surface area contributed by atoms with Crippen LogP contribution in [0.1, 0.15) is 76.6 Å². The first-order chi connectivity index (χ1) is 20.5. The number of aryl methyl sites for hydroxylation is 1. The number of fused-ring (bicyclic) bond motifs is 2. The molecule has 0 N–H and O–H groups in total. The van der Waals surface area contributed by atoms with Gasteiger partial charge in [-0.1, -0.05) is 65.8 Å². The minimum absolute atomic E-state index is 0. The van der Waals surface area contributed by atoms with E-state index in [1.54, 1.807) is 0 Å². The van der Waals surface area contributed by atoms with Crippen LogP contribution < -0.4 is 14.5 Å². The summed E-state index contributed by atoms with van der Waals surface area (Å²) in [5.41, 5.74) is 7.21. The van der Waals surface area contributed by atoms with Crippen LogP contribution in [0.4, 0.5) is 28.7 Å². The van der Waals surface area contributed by atoms with Crippen molar-refractivity contribution >= 4 is 28.7 Å². The average Bonchev–Trinajstić information content (AvgIpc) is 2.99. The van der Waals surface area contributed by atoms with Crippen LogP contribution in [0.5, 0.6) is 11.5 Å². The zero-order valence-electron chi connectivity index (χ0n) is 26.4. The summed E-state index contributed by atoms with van der Waals surface area (Å²) in [6, 6.07) is 21.5. The summed E-state index contributed by atoms with van der Waals surface area (Å²) in [6.45, 7) is 22.9. The van der Waals surface area contributed by atoms with Crippen LogP contribution in [0, 0.1) is 18.7 Å². The molecule has 0 saturated carbocycles. The molecule has 0 fully saturated rings. The summed E-state index contributed by atoms with van der Waals surface area (Å²) in [5.74, 6) is 2.91. The molecule has 6 rings (SSSR count). The molecule has 2 aromatic heterocycles. The molecule has 0 amide bonds. The molecule has 6 nitrogen and oxygen atoms in total. The Morgan fingerprint density at radius 3 is 1.91 bits per heavy atom. The molecular formula is C37H39N5OPt. The van der Waals surface area contributed by atoms with Gasteiger partial charge in [0.2, 0.25) is 0 Å². The average molecular weight is 765 g/mol. The fraction of sp³-hybridized carbons (Fsp3) is 0.378. The Balaban J connectivity index is 0.00000384. The van der Waals surface area contributed by atoms with E-state index in [4.69, 9.17) is 21.3 Å². The number of ether oxygens (including phenoxy) is 1. The fourth-order valence-corrected chi connectivity index (χ4v) is 5.90. The summed E-state index contributed by atoms with van der Waals surface area (Å²) in [6.07, 6.45) is 7.60. The Kier molecular flexibility index (Phi) is 8.92. The summed E-state index contributed by atoms with van der Waals surface area (Å²) in [5, 5.41) is 0. The van der Waals surface area contributed by atoms with Crippen LogP contribution in [-0.2, 0) is 44.7 Å². The SMILES string of the molecule is [C-]#[N+]c1cc(Oc2[c-]c3c(cc2)CCCN3c2cc(C(C)(C)C)ccn2)[c-]c2c1CCCN2c1cc(C(C)(C)C)ccn1.[Pt+2]. The van der Waals surface area contributed by atoms with E-state index in [1.165, 1.54) is 16.7 Å². The predicted octanol–water partition coefficient (Wildman–Crippen LogP) is 9.18. The number of pyridine rings is 2. The van der Waals surface area contributed by atoms with E-state index in [0.717, 1.165) is 67.3 Å². The third-order valence-corrected chi connectivity index (χ3v) is 8.38. The molecule has 0 spiro atoms. The number of hydrogen-bond donors (Lipinski definition) is 0. The molecule has 0 bridgehead atoms. The second-order valence-electron chi connectivity index (χ2n) is 13.6. The molecule has 2 aliphatic rings. The van der Waals surface area contributed by atoms with E-state index in [1.807, 2.05) is 24.5 Å². The summed E-state index contributed by atoms with van der Waals surface area (Å²) < 4.78 is 6.43. The van der Waals surface area contributed by atoms with Crippen molar-refractivity contribution in [2.45, 2.75) is 78.1 Å². The topological polar surface area (TPSA) is 45.9 Å². The molecule has 2 aliphatic heterocycles. The van der Waals surface area contributed by atoms with Gasteiger partial charge in [-0.2, -0.15) is 6.07 Å². The zero-order chi connectivity index (χ0) is 30.4. The summed E-state index contributed by atoms with van der Waals surface area (Å²) in [4.78, 5) is 17.8. The first kappa shape index (κ1) is 31.7. The number of nitrogens with zero attached hydrogens (tertiary/aromatic N) is 5. The van der Waals surface area contributed by atoms with E-state index in [9.17, 15) is 0 Å². The number of benzene rings is 2. The van der Waals surface area contributed by atoms with Crippen LogP contribution in [0.2, 0.25) is 0 Å². The maximum absolute atomic E-state index is 7.95. The van der Waals surface area contributed by atoms with E-state index < -0.39 is 0 Å². The van der Waals surface area contributed by atoms with Gasteiger partial charge >= 0.3 is 21.1 Å². The largest absolute Gasteiger partial charge is 2.00 e. The van der Waals surface area contributed by atoms with Crippen molar-refractivity contribution in [3.05, 3.63) is 101 Å². The minimum atomic E-state index is 0. The van der Waals surface area contributed by atoms with E-state index >= 15 is 0 Å². The normalized spacial score (nSPS) is 14.7. The Morgan fingerprint density at radius 1 is 0.750 bits per heavy atom. The summed E-state index contributed by atoms with van der Waals surface area (Å²) >= 11 is 0. The second kappa shape index (κ2) is 12.4. The minimum Gasteiger partial charge on any atom is -0.510 e. The molecule has 7 heteroatoms. The van der Waals surface area contributed by atoms with Gasteiger partial charge in [-0.05, 0) is 59.1 Å². The Morgan fingerprint density at radius 2 is 1.32 bits per heavy atom. The van der Waals surface area contributed by atoms with Gasteiger partial charge in [0, 0.05) is 37.0 Å². The van der Waals surface area contributed by atoms with Crippen molar-refractivity contribution in [1.82, 2.24) is 9.97 Å². The maximum Gasteiger partial charge on any atom is 2.00 e. The molecule has 0 saturated heterocycles. The van der Waals surface area contributed by atoms with Gasteiger partial charge in [-0.25, -0.2) is 9.97 Å². The quantitative estimate of drug-likeness (QED) is 0.194. The predicted molar refractivity (Wildman–Crippen MR) is 173 cm³/mol. The van der Waals surface area contributed by atoms with E-state index in [-0.39, 0.29) is 31.9 Å². The zero-order valence-corrected chi connectivity index (χ0v) is 28.7. The maximum atomic E-state index is 7.95. The van der Waals surface area contributed by atoms with Gasteiger partial charge in [0.1, 0.15) is 11.6 Å². The second-order valence-corrected chi connectivity index (χ2v) is 13.6. The smallest absolute Gasteiger partial charge is 0.510 e. The molecule has 4 aromatic rings. The first-order valence-electron chi connectivity index (χ1n) is 15.2. The van der Waals surface area contributed by atoms with Crippen molar-refractivity contribution in [3.8, 4) is 11.5 Å². The number of hydrogen-bond acceptors (Lipinski definition) is 5. The molecule has 44 heavy (non-hydrogen) atoms. The van der Waals surface area contributed by atoms with Gasteiger partial charge in [0.25, 0.3) is 0 Å². The molecule has 0 radical (unpaired) electrons. The standard InChI is InChI=1S/C37H39N5O.Pt/c1-36(2,3)26-14-16-39-34(20-26)41-18-8-10-25-12-13-28(23-32(25)41)43-29-22-31(38-7)30-11-9-19-42(33(30)24-29)35-21-27(15-17-40-35)37(4,5)6;/h12-17,20-22H,8-11,18-19H2,1-6H3;/q-2;+2. The van der Waals surface area contributed by atoms with Crippen LogP contribution >= 0.6 is 0 Å². The van der Waals surface area contributed by atoms with Crippen LogP contribution in [0.15, 0.2) is 54.9 Å². The molecule has 0 unspecified atom stereocenters. The van der Waals surface area contributed by atoms with Gasteiger partial charge < -0.3 is 14.5 Å². The summed E-state index contributed by atoms with van der Waals surface area (Å²) in [7, 11) is 0. The molecule has 0 atom stereocenters. The van der Waals surface area contributed by atoms with Crippen molar-refractivity contribution in [2.24, 2.45) is 0 Å². The number of aromatic nitrogens is 2. The van der Waals surface area contributed by atoms with Crippen molar-refractivity contribution in [3.63, 3.8) is 0 Å². The Hall–Kier alpha value is -3.68. The molecule has 4 heterocycles. The van der Waals surface area contributed by atoms with Gasteiger partial charge in [0.15, 0.2) is 0 Å². The van der Waals surface area contributed by atoms with Gasteiger partial charge in [0.05, 0.1) is 12.3 Å². The van der Waals surface area contributed by atoms with E-state index in [0.29, 0.717) is 17.2 Å². The van der Waals surface area contributed by atoms with E-state index in [2.05, 4.69) is 98.7 Å². The molecule has 228 valence electrons. The van der Waals surface area contributed by atoms with Crippen molar-refractivity contribution in [2.75, 3.05) is 22.9 Å². The van der Waals surface area contributed by atoms with Crippen LogP contribution in [-0.4, -0.2) is 23.1 Å². The van der Waals surface area contributed by atoms with Gasteiger partial charge in [-0.15, -0.1) is 35.4 Å². The van der Waals surface area contributed by atoms with Gasteiger partial charge in [-0.3, -0.25) is 4.85 Å². The molecule has 0 aliphatic carbocycles. The first-order valence-corrected chi connectivity index (χ1v) is 15.2. The van der Waals surface area contributed by atoms with Crippen molar-refractivity contribution in [1.29, 1.82) is 0 Å².